The van der Waals surface area contributed by atoms with Gasteiger partial charge in [0.05, 0.1) is 7.11 Å². The summed E-state index contributed by atoms with van der Waals surface area (Å²) in [4.78, 5) is 0. The van der Waals surface area contributed by atoms with E-state index in [0.717, 1.165) is 12.2 Å². The normalized spacial score (nSPS) is 22.4. The third-order valence-corrected chi connectivity index (χ3v) is 5.10. The summed E-state index contributed by atoms with van der Waals surface area (Å²) >= 11 is 0. The lowest BCUT2D eigenvalue weighted by molar-refractivity contribution is 0.380. The van der Waals surface area contributed by atoms with Crippen LogP contribution in [0.2, 0.25) is 0 Å². The second-order valence-corrected chi connectivity index (χ2v) is 6.38. The maximum atomic E-state index is 5.71. The van der Waals surface area contributed by atoms with Crippen LogP contribution in [0.5, 0.6) is 5.75 Å². The monoisotopic (exact) mass is 273 g/mol. The Morgan fingerprint density at radius 3 is 2.80 bits per heavy atom. The van der Waals surface area contributed by atoms with E-state index in [1.54, 1.807) is 5.56 Å². The molecule has 1 aliphatic heterocycles. The summed E-state index contributed by atoms with van der Waals surface area (Å²) in [6.07, 6.45) is 10.3. The second-order valence-electron chi connectivity index (χ2n) is 6.38. The lowest BCUT2D eigenvalue weighted by Gasteiger charge is -2.27. The smallest absolute Gasteiger partial charge is 0.122 e. The molecule has 2 nitrogen and oxygen atoms in total. The highest BCUT2D eigenvalue weighted by Crippen LogP contribution is 2.34. The Hall–Kier alpha value is -1.02. The van der Waals surface area contributed by atoms with Crippen LogP contribution in [0.4, 0.5) is 0 Å². The van der Waals surface area contributed by atoms with Crippen molar-refractivity contribution in [2.75, 3.05) is 13.7 Å². The molecule has 0 saturated carbocycles. The number of nitrogens with one attached hydrogen (secondary N) is 1. The number of ether oxygens (including phenoxy) is 1. The molecule has 1 atom stereocenters. The van der Waals surface area contributed by atoms with Gasteiger partial charge in [-0.2, -0.15) is 0 Å². The summed E-state index contributed by atoms with van der Waals surface area (Å²) in [7, 11) is 1.82. The number of piperidine rings is 1. The quantitative estimate of drug-likeness (QED) is 0.909. The van der Waals surface area contributed by atoms with Crippen molar-refractivity contribution >= 4 is 0 Å². The SMILES string of the molecule is COc1cc2c(c(C)c1CC1CCCCN1)CCCC2. The van der Waals surface area contributed by atoms with Gasteiger partial charge in [0.25, 0.3) is 0 Å². The first-order chi connectivity index (χ1) is 9.79. The van der Waals surface area contributed by atoms with Gasteiger partial charge in [-0.05, 0) is 86.7 Å². The molecule has 2 aliphatic rings. The van der Waals surface area contributed by atoms with E-state index in [2.05, 4.69) is 18.3 Å². The Morgan fingerprint density at radius 2 is 2.05 bits per heavy atom. The zero-order valence-electron chi connectivity index (χ0n) is 12.9. The molecule has 3 rings (SSSR count). The third-order valence-electron chi connectivity index (χ3n) is 5.10. The topological polar surface area (TPSA) is 21.3 Å². The molecular formula is C18H27NO. The summed E-state index contributed by atoms with van der Waals surface area (Å²) in [6, 6.07) is 2.96. The van der Waals surface area contributed by atoms with Gasteiger partial charge in [0.2, 0.25) is 0 Å². The standard InChI is InChI=1S/C18H27NO/c1-13-16-9-4-3-7-14(16)11-18(20-2)17(13)12-15-8-5-6-10-19-15/h11,15,19H,3-10,12H2,1-2H3. The van der Waals surface area contributed by atoms with E-state index in [9.17, 15) is 0 Å². The van der Waals surface area contributed by atoms with Crippen LogP contribution in [0.15, 0.2) is 6.07 Å². The Balaban J connectivity index is 1.91. The third kappa shape index (κ3) is 2.71. The molecule has 1 aromatic carbocycles. The second kappa shape index (κ2) is 6.17. The summed E-state index contributed by atoms with van der Waals surface area (Å²) in [5.74, 6) is 1.12. The van der Waals surface area contributed by atoms with E-state index in [1.807, 2.05) is 7.11 Å². The Morgan fingerprint density at radius 1 is 1.20 bits per heavy atom. The van der Waals surface area contributed by atoms with E-state index in [0.29, 0.717) is 6.04 Å². The first-order valence-corrected chi connectivity index (χ1v) is 8.21. The van der Waals surface area contributed by atoms with Crippen molar-refractivity contribution in [3.63, 3.8) is 0 Å². The highest BCUT2D eigenvalue weighted by atomic mass is 16.5. The van der Waals surface area contributed by atoms with Crippen molar-refractivity contribution in [1.82, 2.24) is 5.32 Å². The molecule has 1 heterocycles. The molecule has 0 amide bonds. The molecule has 1 fully saturated rings. The van der Waals surface area contributed by atoms with Gasteiger partial charge >= 0.3 is 0 Å². The Bertz CT molecular complexity index is 475. The fourth-order valence-electron chi connectivity index (χ4n) is 3.91. The van der Waals surface area contributed by atoms with Gasteiger partial charge in [0.1, 0.15) is 5.75 Å². The van der Waals surface area contributed by atoms with E-state index in [4.69, 9.17) is 4.74 Å². The van der Waals surface area contributed by atoms with Gasteiger partial charge < -0.3 is 10.1 Å². The van der Waals surface area contributed by atoms with Crippen LogP contribution in [0.1, 0.15) is 54.4 Å². The van der Waals surface area contributed by atoms with E-state index in [-0.39, 0.29) is 0 Å². The number of rotatable bonds is 3. The van der Waals surface area contributed by atoms with Crippen LogP contribution < -0.4 is 10.1 Å². The lowest BCUT2D eigenvalue weighted by Crippen LogP contribution is -2.36. The molecule has 1 N–H and O–H groups in total. The van der Waals surface area contributed by atoms with Crippen LogP contribution in [0, 0.1) is 6.92 Å². The van der Waals surface area contributed by atoms with E-state index in [1.165, 1.54) is 68.2 Å². The molecule has 0 aromatic heterocycles. The van der Waals surface area contributed by atoms with Gasteiger partial charge in [-0.25, -0.2) is 0 Å². The lowest BCUT2D eigenvalue weighted by atomic mass is 9.84. The van der Waals surface area contributed by atoms with Crippen molar-refractivity contribution in [2.24, 2.45) is 0 Å². The number of methoxy groups -OCH3 is 1. The van der Waals surface area contributed by atoms with Gasteiger partial charge in [-0.3, -0.25) is 0 Å². The Kier molecular flexibility index (Phi) is 4.30. The number of aryl methyl sites for hydroxylation is 1. The maximum Gasteiger partial charge on any atom is 0.122 e. The molecule has 1 unspecified atom stereocenters. The summed E-state index contributed by atoms with van der Waals surface area (Å²) < 4.78 is 5.71. The van der Waals surface area contributed by atoms with Gasteiger partial charge in [-0.15, -0.1) is 0 Å². The first kappa shape index (κ1) is 13.9. The van der Waals surface area contributed by atoms with Crippen molar-refractivity contribution < 1.29 is 4.74 Å². The van der Waals surface area contributed by atoms with Gasteiger partial charge in [0.15, 0.2) is 0 Å². The van der Waals surface area contributed by atoms with Crippen LogP contribution in [0.3, 0.4) is 0 Å². The maximum absolute atomic E-state index is 5.71. The van der Waals surface area contributed by atoms with E-state index < -0.39 is 0 Å². The minimum absolute atomic E-state index is 0.637. The predicted octanol–water partition coefficient (Wildman–Crippen LogP) is 3.57. The number of hydrogen-bond acceptors (Lipinski definition) is 2. The van der Waals surface area contributed by atoms with Gasteiger partial charge in [0, 0.05) is 6.04 Å². The summed E-state index contributed by atoms with van der Waals surface area (Å²) in [5.41, 5.74) is 6.10. The molecule has 110 valence electrons. The fraction of sp³-hybridized carbons (Fsp3) is 0.667. The van der Waals surface area contributed by atoms with E-state index >= 15 is 0 Å². The van der Waals surface area contributed by atoms with Crippen LogP contribution in [-0.2, 0) is 19.3 Å². The molecule has 0 spiro atoms. The minimum atomic E-state index is 0.637. The fourth-order valence-corrected chi connectivity index (χ4v) is 3.91. The largest absolute Gasteiger partial charge is 0.496 e. The molecule has 0 bridgehead atoms. The van der Waals surface area contributed by atoms with Crippen LogP contribution >= 0.6 is 0 Å². The molecule has 20 heavy (non-hydrogen) atoms. The molecule has 0 radical (unpaired) electrons. The number of benzene rings is 1. The average molecular weight is 273 g/mol. The molecule has 2 heteroatoms. The number of hydrogen-bond donors (Lipinski definition) is 1. The number of fused-ring (bicyclic) bond motifs is 1. The van der Waals surface area contributed by atoms with Crippen molar-refractivity contribution in [2.45, 2.75) is 64.3 Å². The minimum Gasteiger partial charge on any atom is -0.496 e. The molecular weight excluding hydrogens is 246 g/mol. The molecule has 1 saturated heterocycles. The highest BCUT2D eigenvalue weighted by Gasteiger charge is 2.21. The van der Waals surface area contributed by atoms with Crippen LogP contribution in [-0.4, -0.2) is 19.7 Å². The Labute approximate surface area is 122 Å². The molecule has 1 aliphatic carbocycles. The van der Waals surface area contributed by atoms with Gasteiger partial charge in [-0.1, -0.05) is 6.42 Å². The highest BCUT2D eigenvalue weighted by molar-refractivity contribution is 5.50. The predicted molar refractivity (Wildman–Crippen MR) is 83.7 cm³/mol. The van der Waals surface area contributed by atoms with Crippen molar-refractivity contribution in [1.29, 1.82) is 0 Å². The zero-order valence-corrected chi connectivity index (χ0v) is 12.9. The first-order valence-electron chi connectivity index (χ1n) is 8.21. The summed E-state index contributed by atoms with van der Waals surface area (Å²) in [6.45, 7) is 3.49. The molecule has 1 aromatic rings. The zero-order chi connectivity index (χ0) is 13.9. The average Bonchev–Trinajstić information content (AvgIpc) is 2.51. The summed E-state index contributed by atoms with van der Waals surface area (Å²) in [5, 5.41) is 3.67. The van der Waals surface area contributed by atoms with Crippen LogP contribution in [0.25, 0.3) is 0 Å². The van der Waals surface area contributed by atoms with Crippen molar-refractivity contribution in [3.05, 3.63) is 28.3 Å². The van der Waals surface area contributed by atoms with Crippen molar-refractivity contribution in [3.8, 4) is 5.75 Å².